The zero-order valence-corrected chi connectivity index (χ0v) is 27.5. The van der Waals surface area contributed by atoms with Gasteiger partial charge in [0, 0.05) is 25.7 Å². The quantitative estimate of drug-likeness (QED) is 0.200. The number of phenols is 1. The summed E-state index contributed by atoms with van der Waals surface area (Å²) >= 11 is 0. The molecule has 252 valence electrons. The first-order valence-corrected chi connectivity index (χ1v) is 14.9. The SMILES string of the molecule is CN(C)CCOCCOC(=O)NCC1(C)CC(NC(=O)OCCOCCN(C)C)CC(C)(C)C1.O=C(O)c1ccccc1O. The van der Waals surface area contributed by atoms with Crippen LogP contribution < -0.4 is 10.6 Å². The van der Waals surface area contributed by atoms with Crippen molar-refractivity contribution in [1.29, 1.82) is 0 Å². The number of alkyl carbamates (subject to hydrolysis) is 2. The van der Waals surface area contributed by atoms with Gasteiger partial charge in [0.1, 0.15) is 24.5 Å². The number of nitrogens with zero attached hydrogens (tertiary/aromatic N) is 2. The van der Waals surface area contributed by atoms with Crippen LogP contribution in [-0.2, 0) is 18.9 Å². The highest BCUT2D eigenvalue weighted by atomic mass is 16.6. The number of benzene rings is 1. The number of ether oxygens (including phenoxy) is 4. The molecule has 13 heteroatoms. The van der Waals surface area contributed by atoms with Gasteiger partial charge in [0.15, 0.2) is 0 Å². The van der Waals surface area contributed by atoms with E-state index in [0.717, 1.165) is 32.4 Å². The average Bonchev–Trinajstić information content (AvgIpc) is 2.90. The van der Waals surface area contributed by atoms with E-state index in [4.69, 9.17) is 29.2 Å². The zero-order chi connectivity index (χ0) is 33.2. The third-order valence-electron chi connectivity index (χ3n) is 6.85. The van der Waals surface area contributed by atoms with Crippen LogP contribution in [0, 0.1) is 10.8 Å². The number of rotatable bonds is 16. The lowest BCUT2D eigenvalue weighted by molar-refractivity contribution is 0.0464. The number of amides is 2. The first-order chi connectivity index (χ1) is 20.6. The maximum Gasteiger partial charge on any atom is 0.407 e. The van der Waals surface area contributed by atoms with Crippen molar-refractivity contribution in [3.63, 3.8) is 0 Å². The van der Waals surface area contributed by atoms with Gasteiger partial charge in [-0.25, -0.2) is 14.4 Å². The smallest absolute Gasteiger partial charge is 0.407 e. The molecule has 0 aliphatic heterocycles. The molecular formula is C31H54N4O9. The van der Waals surface area contributed by atoms with E-state index < -0.39 is 18.2 Å². The van der Waals surface area contributed by atoms with Crippen molar-refractivity contribution in [3.8, 4) is 5.75 Å². The van der Waals surface area contributed by atoms with Crippen LogP contribution in [-0.4, -0.2) is 132 Å². The molecule has 0 saturated heterocycles. The summed E-state index contributed by atoms with van der Waals surface area (Å²) in [5.41, 5.74) is -0.218. The molecule has 2 unspecified atom stereocenters. The molecule has 2 amide bonds. The lowest BCUT2D eigenvalue weighted by atomic mass is 9.62. The number of hydrogen-bond donors (Lipinski definition) is 4. The third-order valence-corrected chi connectivity index (χ3v) is 6.85. The molecule has 0 aromatic heterocycles. The van der Waals surface area contributed by atoms with Gasteiger partial charge < -0.3 is 49.6 Å². The lowest BCUT2D eigenvalue weighted by Crippen LogP contribution is -2.50. The van der Waals surface area contributed by atoms with Crippen LogP contribution in [0.25, 0.3) is 0 Å². The number of carboxylic acid groups (broad SMARTS) is 1. The fourth-order valence-corrected chi connectivity index (χ4v) is 5.15. The predicted octanol–water partition coefficient (Wildman–Crippen LogP) is 3.27. The Morgan fingerprint density at radius 1 is 0.841 bits per heavy atom. The Balaban J connectivity index is 0.000000813. The summed E-state index contributed by atoms with van der Waals surface area (Å²) in [4.78, 5) is 38.7. The maximum atomic E-state index is 12.3. The van der Waals surface area contributed by atoms with Crippen LogP contribution in [0.3, 0.4) is 0 Å². The summed E-state index contributed by atoms with van der Waals surface area (Å²) in [5.74, 6) is -1.31. The number of aromatic carboxylic acids is 1. The van der Waals surface area contributed by atoms with Crippen LogP contribution in [0.15, 0.2) is 24.3 Å². The highest BCUT2D eigenvalue weighted by Crippen LogP contribution is 2.45. The molecule has 2 rings (SSSR count). The molecule has 0 radical (unpaired) electrons. The van der Waals surface area contributed by atoms with Crippen molar-refractivity contribution in [2.24, 2.45) is 10.8 Å². The number of carbonyl (C=O) groups is 3. The van der Waals surface area contributed by atoms with Crippen LogP contribution in [0.5, 0.6) is 5.75 Å². The minimum absolute atomic E-state index is 0.0199. The Morgan fingerprint density at radius 2 is 1.39 bits per heavy atom. The summed E-state index contributed by atoms with van der Waals surface area (Å²) in [6, 6.07) is 5.78. The van der Waals surface area contributed by atoms with E-state index in [2.05, 4.69) is 31.4 Å². The molecule has 1 aromatic rings. The van der Waals surface area contributed by atoms with Gasteiger partial charge in [-0.1, -0.05) is 32.9 Å². The molecule has 0 spiro atoms. The minimum Gasteiger partial charge on any atom is -0.507 e. The highest BCUT2D eigenvalue weighted by molar-refractivity contribution is 5.90. The first kappa shape index (κ1) is 38.9. The fourth-order valence-electron chi connectivity index (χ4n) is 5.15. The monoisotopic (exact) mass is 626 g/mol. The Kier molecular flexibility index (Phi) is 17.7. The molecule has 44 heavy (non-hydrogen) atoms. The largest absolute Gasteiger partial charge is 0.507 e. The van der Waals surface area contributed by atoms with Gasteiger partial charge in [-0.05, 0) is 70.4 Å². The molecule has 1 aliphatic rings. The second-order valence-electron chi connectivity index (χ2n) is 12.7. The van der Waals surface area contributed by atoms with Crippen LogP contribution in [0.1, 0.15) is 50.4 Å². The number of likely N-dealkylation sites (N-methyl/N-ethyl adjacent to an activating group) is 2. The fraction of sp³-hybridized carbons (Fsp3) is 0.710. The van der Waals surface area contributed by atoms with Crippen molar-refractivity contribution in [2.45, 2.75) is 46.1 Å². The summed E-state index contributed by atoms with van der Waals surface area (Å²) in [6.45, 7) is 11.0. The number of carbonyl (C=O) groups excluding carboxylic acids is 2. The second-order valence-corrected chi connectivity index (χ2v) is 12.7. The van der Waals surface area contributed by atoms with Crippen molar-refractivity contribution >= 4 is 18.2 Å². The van der Waals surface area contributed by atoms with Gasteiger partial charge in [-0.15, -0.1) is 0 Å². The second kappa shape index (κ2) is 20.0. The van der Waals surface area contributed by atoms with Gasteiger partial charge in [-0.3, -0.25) is 0 Å². The topological polar surface area (TPSA) is 159 Å². The van der Waals surface area contributed by atoms with Gasteiger partial charge in [0.2, 0.25) is 0 Å². The lowest BCUT2D eigenvalue weighted by Gasteiger charge is -2.46. The van der Waals surface area contributed by atoms with Gasteiger partial charge >= 0.3 is 18.2 Å². The minimum atomic E-state index is -1.11. The number of para-hydroxylation sites is 1. The normalized spacial score (nSPS) is 19.1. The van der Waals surface area contributed by atoms with E-state index in [0.29, 0.717) is 33.0 Å². The number of hydrogen-bond acceptors (Lipinski definition) is 10. The Morgan fingerprint density at radius 3 is 1.89 bits per heavy atom. The molecule has 4 N–H and O–H groups in total. The Labute approximate surface area is 262 Å². The van der Waals surface area contributed by atoms with Crippen LogP contribution in [0.4, 0.5) is 9.59 Å². The summed E-state index contributed by atoms with van der Waals surface area (Å²) in [5, 5.41) is 23.2. The van der Waals surface area contributed by atoms with E-state index in [1.807, 2.05) is 38.0 Å². The molecule has 0 heterocycles. The van der Waals surface area contributed by atoms with Crippen LogP contribution in [0.2, 0.25) is 0 Å². The van der Waals surface area contributed by atoms with Crippen molar-refractivity contribution < 1.29 is 43.5 Å². The molecule has 1 aromatic carbocycles. The van der Waals surface area contributed by atoms with E-state index in [1.165, 1.54) is 12.1 Å². The van der Waals surface area contributed by atoms with Crippen molar-refractivity contribution in [2.75, 3.05) is 87.5 Å². The molecule has 1 saturated carbocycles. The van der Waals surface area contributed by atoms with Crippen molar-refractivity contribution in [1.82, 2.24) is 20.4 Å². The molecule has 1 fully saturated rings. The maximum absolute atomic E-state index is 12.3. The van der Waals surface area contributed by atoms with E-state index in [-0.39, 0.29) is 41.4 Å². The predicted molar refractivity (Wildman–Crippen MR) is 167 cm³/mol. The Hall–Kier alpha value is -3.13. The number of aromatic hydroxyl groups is 1. The first-order valence-electron chi connectivity index (χ1n) is 14.9. The van der Waals surface area contributed by atoms with Gasteiger partial charge in [0.25, 0.3) is 0 Å². The van der Waals surface area contributed by atoms with Gasteiger partial charge in [-0.2, -0.15) is 0 Å². The summed E-state index contributed by atoms with van der Waals surface area (Å²) in [6.07, 6.45) is 1.66. The molecule has 1 aliphatic carbocycles. The summed E-state index contributed by atoms with van der Waals surface area (Å²) < 4.78 is 21.4. The number of nitrogens with one attached hydrogen (secondary N) is 2. The van der Waals surface area contributed by atoms with E-state index in [9.17, 15) is 14.4 Å². The van der Waals surface area contributed by atoms with E-state index in [1.54, 1.807) is 12.1 Å². The Bertz CT molecular complexity index is 1010. The molecule has 13 nitrogen and oxygen atoms in total. The molecule has 0 bridgehead atoms. The van der Waals surface area contributed by atoms with Crippen molar-refractivity contribution in [3.05, 3.63) is 29.8 Å². The zero-order valence-electron chi connectivity index (χ0n) is 27.5. The highest BCUT2D eigenvalue weighted by Gasteiger charge is 2.42. The van der Waals surface area contributed by atoms with Crippen LogP contribution >= 0.6 is 0 Å². The standard InChI is InChI=1S/C24H48N4O6.C7H6O3/c1-23(2)16-20(26-22(30)34-15-13-32-11-9-28(6)7)17-24(3,18-23)19-25-21(29)33-14-12-31-10-8-27(4)5;8-6-4-2-1-3-5(6)7(9)10/h20H,8-19H2,1-7H3,(H,25,29)(H,26,30);1-4,8H,(H,9,10). The van der Waals surface area contributed by atoms with E-state index >= 15 is 0 Å². The molecular weight excluding hydrogens is 572 g/mol. The third kappa shape index (κ3) is 17.9. The number of carboxylic acids is 1. The molecule has 2 atom stereocenters. The average molecular weight is 627 g/mol. The van der Waals surface area contributed by atoms with Gasteiger partial charge in [0.05, 0.1) is 26.4 Å². The summed E-state index contributed by atoms with van der Waals surface area (Å²) in [7, 11) is 7.92.